The Labute approximate surface area is 268 Å². The van der Waals surface area contributed by atoms with Gasteiger partial charge in [-0.05, 0) is 38.5 Å². The largest absolute Gasteiger partial charge is 0.394 e. The minimum atomic E-state index is -1.07. The summed E-state index contributed by atoms with van der Waals surface area (Å²) in [5.41, 5.74) is 0. The minimum Gasteiger partial charge on any atom is -0.394 e. The van der Waals surface area contributed by atoms with Crippen LogP contribution >= 0.6 is 0 Å². The molecule has 0 aliphatic heterocycles. The molecular weight excluding hydrogens is 534 g/mol. The molecule has 0 aromatic heterocycles. The number of amides is 1. The van der Waals surface area contributed by atoms with E-state index in [2.05, 4.69) is 31.3 Å². The first kappa shape index (κ1) is 42.1. The van der Waals surface area contributed by atoms with Crippen LogP contribution in [0.1, 0.15) is 200 Å². The lowest BCUT2D eigenvalue weighted by Crippen LogP contribution is -2.49. The van der Waals surface area contributed by atoms with E-state index in [9.17, 15) is 20.1 Å². The highest BCUT2D eigenvalue weighted by atomic mass is 16.3. The third kappa shape index (κ3) is 29.6. The van der Waals surface area contributed by atoms with Gasteiger partial charge >= 0.3 is 0 Å². The van der Waals surface area contributed by atoms with Crippen molar-refractivity contribution in [3.8, 4) is 0 Å². The summed E-state index contributed by atoms with van der Waals surface area (Å²) < 4.78 is 0. The van der Waals surface area contributed by atoms with Gasteiger partial charge in [-0.25, -0.2) is 0 Å². The molecule has 0 bridgehead atoms. The summed E-state index contributed by atoms with van der Waals surface area (Å²) in [7, 11) is 0. The third-order valence-corrected chi connectivity index (χ3v) is 8.88. The molecule has 0 aliphatic carbocycles. The quantitative estimate of drug-likeness (QED) is 0.0432. The average Bonchev–Trinajstić information content (AvgIpc) is 3.01. The van der Waals surface area contributed by atoms with Gasteiger partial charge in [0.1, 0.15) is 6.10 Å². The highest BCUT2D eigenvalue weighted by molar-refractivity contribution is 5.80. The lowest BCUT2D eigenvalue weighted by Gasteiger charge is -2.23. The van der Waals surface area contributed by atoms with Crippen molar-refractivity contribution >= 4 is 5.91 Å². The molecule has 5 heteroatoms. The van der Waals surface area contributed by atoms with E-state index in [1.807, 2.05) is 0 Å². The van der Waals surface area contributed by atoms with Gasteiger partial charge in [-0.1, -0.05) is 174 Å². The summed E-state index contributed by atoms with van der Waals surface area (Å²) in [6.07, 6.45) is 37.6. The SMILES string of the molecule is CCCCCC/C=C\CCCCCCCCC(O)C(=O)NC(CO)C(O)CCCCCCCCCCCCCCCCC. The fraction of sp³-hybridized carbons (Fsp3) is 0.921. The van der Waals surface area contributed by atoms with E-state index in [1.54, 1.807) is 0 Å². The number of aliphatic hydroxyl groups is 3. The molecule has 0 heterocycles. The number of carbonyl (C=O) groups is 1. The van der Waals surface area contributed by atoms with E-state index in [0.717, 1.165) is 32.1 Å². The predicted molar refractivity (Wildman–Crippen MR) is 185 cm³/mol. The Balaban J connectivity index is 3.68. The Morgan fingerprint density at radius 2 is 0.884 bits per heavy atom. The number of hydrogen-bond donors (Lipinski definition) is 4. The average molecular weight is 610 g/mol. The van der Waals surface area contributed by atoms with Gasteiger partial charge in [0.15, 0.2) is 0 Å². The molecular formula is C38H75NO4. The third-order valence-electron chi connectivity index (χ3n) is 8.88. The van der Waals surface area contributed by atoms with Crippen LogP contribution in [-0.2, 0) is 4.79 Å². The number of rotatable bonds is 34. The monoisotopic (exact) mass is 610 g/mol. The Bertz CT molecular complexity index is 596. The molecule has 0 spiro atoms. The molecule has 3 unspecified atom stereocenters. The second-order valence-corrected chi connectivity index (χ2v) is 13.1. The van der Waals surface area contributed by atoms with Gasteiger partial charge in [-0.15, -0.1) is 0 Å². The Kier molecular flexibility index (Phi) is 33.3. The van der Waals surface area contributed by atoms with E-state index in [0.29, 0.717) is 12.8 Å². The molecule has 3 atom stereocenters. The highest BCUT2D eigenvalue weighted by Gasteiger charge is 2.23. The fourth-order valence-corrected chi connectivity index (χ4v) is 5.83. The molecule has 1 amide bonds. The summed E-state index contributed by atoms with van der Waals surface area (Å²) >= 11 is 0. The van der Waals surface area contributed by atoms with Gasteiger partial charge in [0, 0.05) is 0 Å². The van der Waals surface area contributed by atoms with Crippen LogP contribution in [0.5, 0.6) is 0 Å². The van der Waals surface area contributed by atoms with Crippen molar-refractivity contribution < 1.29 is 20.1 Å². The van der Waals surface area contributed by atoms with E-state index in [4.69, 9.17) is 0 Å². The van der Waals surface area contributed by atoms with Crippen molar-refractivity contribution in [2.45, 2.75) is 218 Å². The smallest absolute Gasteiger partial charge is 0.249 e. The van der Waals surface area contributed by atoms with Gasteiger partial charge in [0.2, 0.25) is 5.91 Å². The van der Waals surface area contributed by atoms with Gasteiger partial charge < -0.3 is 20.6 Å². The van der Waals surface area contributed by atoms with Gasteiger partial charge in [0.25, 0.3) is 0 Å². The van der Waals surface area contributed by atoms with Gasteiger partial charge in [-0.3, -0.25) is 4.79 Å². The van der Waals surface area contributed by atoms with Crippen LogP contribution in [0, 0.1) is 0 Å². The molecule has 0 saturated carbocycles. The maximum Gasteiger partial charge on any atom is 0.249 e. The van der Waals surface area contributed by atoms with Crippen molar-refractivity contribution in [3.63, 3.8) is 0 Å². The number of carbonyl (C=O) groups excluding carboxylic acids is 1. The molecule has 0 aromatic carbocycles. The Morgan fingerprint density at radius 3 is 1.30 bits per heavy atom. The number of aliphatic hydroxyl groups excluding tert-OH is 3. The molecule has 0 radical (unpaired) electrons. The van der Waals surface area contributed by atoms with Crippen LogP contribution in [0.3, 0.4) is 0 Å². The topological polar surface area (TPSA) is 89.8 Å². The van der Waals surface area contributed by atoms with Crippen molar-refractivity contribution in [2.75, 3.05) is 6.61 Å². The molecule has 256 valence electrons. The summed E-state index contributed by atoms with van der Waals surface area (Å²) in [4.78, 5) is 12.4. The fourth-order valence-electron chi connectivity index (χ4n) is 5.83. The first-order valence-corrected chi connectivity index (χ1v) is 19.0. The molecule has 0 fully saturated rings. The molecule has 4 N–H and O–H groups in total. The summed E-state index contributed by atoms with van der Waals surface area (Å²) in [6, 6.07) is -0.709. The zero-order chi connectivity index (χ0) is 31.6. The van der Waals surface area contributed by atoms with Crippen LogP contribution in [0.4, 0.5) is 0 Å². The van der Waals surface area contributed by atoms with Crippen LogP contribution in [0.2, 0.25) is 0 Å². The van der Waals surface area contributed by atoms with Crippen molar-refractivity contribution in [3.05, 3.63) is 12.2 Å². The molecule has 0 aliphatic rings. The summed E-state index contributed by atoms with van der Waals surface area (Å²) in [6.45, 7) is 4.20. The molecule has 0 rings (SSSR count). The Morgan fingerprint density at radius 1 is 0.535 bits per heavy atom. The second-order valence-electron chi connectivity index (χ2n) is 13.1. The highest BCUT2D eigenvalue weighted by Crippen LogP contribution is 2.15. The number of unbranched alkanes of at least 4 members (excludes halogenated alkanes) is 24. The first-order valence-electron chi connectivity index (χ1n) is 19.0. The summed E-state index contributed by atoms with van der Waals surface area (Å²) in [5.74, 6) is -0.476. The van der Waals surface area contributed by atoms with Crippen LogP contribution < -0.4 is 5.32 Å². The molecule has 43 heavy (non-hydrogen) atoms. The molecule has 0 saturated heterocycles. The summed E-state index contributed by atoms with van der Waals surface area (Å²) in [5, 5.41) is 33.1. The Hall–Kier alpha value is -0.910. The lowest BCUT2D eigenvalue weighted by molar-refractivity contribution is -0.131. The maximum atomic E-state index is 12.4. The number of hydrogen-bond acceptors (Lipinski definition) is 4. The standard InChI is InChI=1S/C38H75NO4/c1-3-5-7-9-11-13-15-17-19-21-22-24-26-28-30-32-36(41)35(34-40)39-38(43)37(42)33-31-29-27-25-23-20-18-16-14-12-10-8-6-4-2/h14,16,35-37,40-42H,3-13,15,17-34H2,1-2H3,(H,39,43)/b16-14-. The van der Waals surface area contributed by atoms with Crippen LogP contribution in [-0.4, -0.2) is 46.1 Å². The molecule has 0 aromatic rings. The van der Waals surface area contributed by atoms with E-state index in [1.165, 1.54) is 141 Å². The first-order chi connectivity index (χ1) is 21.1. The minimum absolute atomic E-state index is 0.313. The van der Waals surface area contributed by atoms with E-state index >= 15 is 0 Å². The van der Waals surface area contributed by atoms with E-state index in [-0.39, 0.29) is 6.61 Å². The van der Waals surface area contributed by atoms with Crippen LogP contribution in [0.25, 0.3) is 0 Å². The zero-order valence-corrected chi connectivity index (χ0v) is 28.8. The van der Waals surface area contributed by atoms with Gasteiger partial charge in [0.05, 0.1) is 18.8 Å². The maximum absolute atomic E-state index is 12.4. The van der Waals surface area contributed by atoms with Crippen molar-refractivity contribution in [1.29, 1.82) is 0 Å². The van der Waals surface area contributed by atoms with E-state index < -0.39 is 24.2 Å². The van der Waals surface area contributed by atoms with Crippen LogP contribution in [0.15, 0.2) is 12.2 Å². The molecule has 5 nitrogen and oxygen atoms in total. The predicted octanol–water partition coefficient (Wildman–Crippen LogP) is 10.1. The second kappa shape index (κ2) is 34.0. The number of allylic oxidation sites excluding steroid dienone is 2. The normalized spacial score (nSPS) is 13.9. The van der Waals surface area contributed by atoms with Gasteiger partial charge in [-0.2, -0.15) is 0 Å². The zero-order valence-electron chi connectivity index (χ0n) is 28.8. The number of nitrogens with one attached hydrogen (secondary N) is 1. The lowest BCUT2D eigenvalue weighted by atomic mass is 10.0. The van der Waals surface area contributed by atoms with Crippen molar-refractivity contribution in [2.24, 2.45) is 0 Å². The van der Waals surface area contributed by atoms with Crippen molar-refractivity contribution in [1.82, 2.24) is 5.32 Å².